The van der Waals surface area contributed by atoms with E-state index < -0.39 is 5.29 Å². The van der Waals surface area contributed by atoms with Crippen LogP contribution in [0.2, 0.25) is 5.02 Å². The minimum atomic E-state index is -0.796. The number of benzene rings is 1. The van der Waals surface area contributed by atoms with Crippen LogP contribution in [0, 0.1) is 6.92 Å². The zero-order chi connectivity index (χ0) is 20.1. The van der Waals surface area contributed by atoms with Crippen molar-refractivity contribution in [1.29, 1.82) is 0 Å². The van der Waals surface area contributed by atoms with Crippen molar-refractivity contribution in [2.24, 2.45) is 5.16 Å². The Balaban J connectivity index is 2.24. The fraction of sp³-hybridized carbons (Fsp3) is 0.550. The molecule has 0 N–H and O–H groups in total. The quantitative estimate of drug-likeness (QED) is 0.200. The van der Waals surface area contributed by atoms with Crippen molar-refractivity contribution >= 4 is 28.9 Å². The molecule has 0 fully saturated rings. The van der Waals surface area contributed by atoms with Crippen molar-refractivity contribution in [1.82, 2.24) is 0 Å². The van der Waals surface area contributed by atoms with Crippen molar-refractivity contribution < 1.29 is 18.7 Å². The van der Waals surface area contributed by atoms with Crippen LogP contribution in [0.5, 0.6) is 11.5 Å². The van der Waals surface area contributed by atoms with Gasteiger partial charge in [0, 0.05) is 12.1 Å². The van der Waals surface area contributed by atoms with Crippen LogP contribution in [0.4, 0.5) is 4.39 Å². The van der Waals surface area contributed by atoms with Crippen LogP contribution in [-0.4, -0.2) is 25.5 Å². The summed E-state index contributed by atoms with van der Waals surface area (Å²) in [5, 5.41) is 3.58. The number of aryl methyl sites for hydroxylation is 1. The number of unbranched alkanes of at least 4 members (excludes halogenated alkanes) is 4. The van der Waals surface area contributed by atoms with E-state index in [-0.39, 0.29) is 6.61 Å². The smallest absolute Gasteiger partial charge is 0.188 e. The summed E-state index contributed by atoms with van der Waals surface area (Å²) >= 11 is 11.4. The Morgan fingerprint density at radius 2 is 1.74 bits per heavy atom. The topological polar surface area (TPSA) is 40.0 Å². The molecule has 0 aromatic heterocycles. The zero-order valence-corrected chi connectivity index (χ0v) is 17.7. The molecule has 0 saturated carbocycles. The van der Waals surface area contributed by atoms with E-state index in [1.165, 1.54) is 0 Å². The summed E-state index contributed by atoms with van der Waals surface area (Å²) in [4.78, 5) is 5.16. The van der Waals surface area contributed by atoms with Crippen molar-refractivity contribution in [3.63, 3.8) is 0 Å². The number of nitrogens with zero attached hydrogens (tertiary/aromatic N) is 1. The standard InChI is InChI=1S/C20H28Cl2FNO3/c1-15(2)24-27-11-8-6-4-5-7-10-26-20-16(3)13-17(14-18(20)21)25-12-9-19(22)23/h9,13-14H,4-8,10-12H2,1-3H3/b19-9-. The van der Waals surface area contributed by atoms with E-state index in [2.05, 4.69) is 5.16 Å². The molecule has 7 heteroatoms. The third kappa shape index (κ3) is 11.1. The molecule has 0 spiro atoms. The number of rotatable bonds is 13. The maximum Gasteiger partial charge on any atom is 0.188 e. The lowest BCUT2D eigenvalue weighted by molar-refractivity contribution is 0.139. The van der Waals surface area contributed by atoms with Gasteiger partial charge in [-0.05, 0) is 51.7 Å². The van der Waals surface area contributed by atoms with Crippen molar-refractivity contribution in [3.05, 3.63) is 34.1 Å². The Bertz CT molecular complexity index is 605. The van der Waals surface area contributed by atoms with Crippen LogP contribution in [0.3, 0.4) is 0 Å². The largest absolute Gasteiger partial charge is 0.492 e. The van der Waals surface area contributed by atoms with Crippen LogP contribution in [-0.2, 0) is 4.84 Å². The summed E-state index contributed by atoms with van der Waals surface area (Å²) in [6.07, 6.45) is 6.44. The third-order valence-corrected chi connectivity index (χ3v) is 4.00. The van der Waals surface area contributed by atoms with E-state index in [1.807, 2.05) is 26.8 Å². The molecule has 1 aromatic rings. The number of hydrogen-bond donors (Lipinski definition) is 0. The molecule has 0 radical (unpaired) electrons. The van der Waals surface area contributed by atoms with Gasteiger partial charge < -0.3 is 14.3 Å². The fourth-order valence-corrected chi connectivity index (χ4v) is 2.69. The second-order valence-electron chi connectivity index (χ2n) is 6.34. The van der Waals surface area contributed by atoms with E-state index in [0.29, 0.717) is 29.7 Å². The second-order valence-corrected chi connectivity index (χ2v) is 7.11. The highest BCUT2D eigenvalue weighted by atomic mass is 35.5. The van der Waals surface area contributed by atoms with Gasteiger partial charge in [0.2, 0.25) is 0 Å². The summed E-state index contributed by atoms with van der Waals surface area (Å²) in [5.41, 5.74) is 1.80. The molecular formula is C20H28Cl2FNO3. The zero-order valence-electron chi connectivity index (χ0n) is 16.2. The monoisotopic (exact) mass is 419 g/mol. The first-order valence-electron chi connectivity index (χ1n) is 9.10. The average Bonchev–Trinajstić information content (AvgIpc) is 2.58. The molecule has 0 amide bonds. The molecule has 0 aliphatic rings. The highest BCUT2D eigenvalue weighted by Crippen LogP contribution is 2.33. The summed E-state index contributed by atoms with van der Waals surface area (Å²) in [6, 6.07) is 3.46. The SMILES string of the molecule is CC(C)=NOCCCCCCCOc1c(C)cc(OC/C=C(\F)Cl)cc1Cl. The lowest BCUT2D eigenvalue weighted by atomic mass is 10.1. The first kappa shape index (κ1) is 23.6. The summed E-state index contributed by atoms with van der Waals surface area (Å²) < 4.78 is 23.6. The molecule has 1 rings (SSSR count). The molecule has 0 aliphatic heterocycles. The summed E-state index contributed by atoms with van der Waals surface area (Å²) in [6.45, 7) is 7.03. The Labute approximate surface area is 171 Å². The molecular weight excluding hydrogens is 392 g/mol. The second kappa shape index (κ2) is 13.7. The minimum Gasteiger partial charge on any atom is -0.492 e. The number of hydrogen-bond acceptors (Lipinski definition) is 4. The highest BCUT2D eigenvalue weighted by molar-refractivity contribution is 6.32. The molecule has 152 valence electrons. The minimum absolute atomic E-state index is 0.0424. The fourth-order valence-electron chi connectivity index (χ4n) is 2.31. The van der Waals surface area contributed by atoms with Crippen molar-refractivity contribution in [2.75, 3.05) is 19.8 Å². The molecule has 4 nitrogen and oxygen atoms in total. The van der Waals surface area contributed by atoms with E-state index in [1.54, 1.807) is 6.07 Å². The van der Waals surface area contributed by atoms with Crippen LogP contribution in [0.15, 0.2) is 28.7 Å². The van der Waals surface area contributed by atoms with Gasteiger partial charge >= 0.3 is 0 Å². The van der Waals surface area contributed by atoms with Gasteiger partial charge in [0.15, 0.2) is 5.29 Å². The van der Waals surface area contributed by atoms with Crippen LogP contribution >= 0.6 is 23.2 Å². The normalized spacial score (nSPS) is 11.3. The first-order chi connectivity index (χ1) is 12.9. The van der Waals surface area contributed by atoms with Gasteiger partial charge in [-0.3, -0.25) is 0 Å². The van der Waals surface area contributed by atoms with E-state index in [0.717, 1.165) is 49.5 Å². The predicted molar refractivity (Wildman–Crippen MR) is 110 cm³/mol. The molecule has 27 heavy (non-hydrogen) atoms. The maximum atomic E-state index is 12.5. The van der Waals surface area contributed by atoms with Crippen molar-refractivity contribution in [3.8, 4) is 11.5 Å². The predicted octanol–water partition coefficient (Wildman–Crippen LogP) is 6.82. The Hall–Kier alpha value is -1.46. The maximum absolute atomic E-state index is 12.5. The van der Waals surface area contributed by atoms with Gasteiger partial charge in [-0.1, -0.05) is 41.2 Å². The van der Waals surface area contributed by atoms with Crippen LogP contribution < -0.4 is 9.47 Å². The Morgan fingerprint density at radius 3 is 2.37 bits per heavy atom. The van der Waals surface area contributed by atoms with E-state index >= 15 is 0 Å². The van der Waals surface area contributed by atoms with Gasteiger partial charge in [0.1, 0.15) is 24.7 Å². The molecule has 0 saturated heterocycles. The summed E-state index contributed by atoms with van der Waals surface area (Å²) in [5.74, 6) is 1.20. The van der Waals surface area contributed by atoms with Crippen LogP contribution in [0.1, 0.15) is 51.5 Å². The molecule has 0 aliphatic carbocycles. The summed E-state index contributed by atoms with van der Waals surface area (Å²) in [7, 11) is 0. The van der Waals surface area contributed by atoms with Crippen LogP contribution in [0.25, 0.3) is 0 Å². The molecule has 1 aromatic carbocycles. The molecule has 0 unspecified atom stereocenters. The number of ether oxygens (including phenoxy) is 2. The average molecular weight is 420 g/mol. The third-order valence-electron chi connectivity index (χ3n) is 3.56. The number of halogens is 3. The molecule has 0 bridgehead atoms. The number of oxime groups is 1. The molecule has 0 atom stereocenters. The lowest BCUT2D eigenvalue weighted by Crippen LogP contribution is -2.01. The van der Waals surface area contributed by atoms with E-state index in [4.69, 9.17) is 37.5 Å². The van der Waals surface area contributed by atoms with Gasteiger partial charge in [0.05, 0.1) is 17.3 Å². The Morgan fingerprint density at radius 1 is 1.07 bits per heavy atom. The Kier molecular flexibility index (Phi) is 11.9. The molecule has 0 heterocycles. The first-order valence-corrected chi connectivity index (χ1v) is 9.85. The van der Waals surface area contributed by atoms with Gasteiger partial charge in [-0.25, -0.2) is 0 Å². The van der Waals surface area contributed by atoms with Gasteiger partial charge in [-0.2, -0.15) is 4.39 Å². The lowest BCUT2D eigenvalue weighted by Gasteiger charge is -2.13. The highest BCUT2D eigenvalue weighted by Gasteiger charge is 2.09. The van der Waals surface area contributed by atoms with Crippen molar-refractivity contribution in [2.45, 2.75) is 52.9 Å². The van der Waals surface area contributed by atoms with E-state index in [9.17, 15) is 4.39 Å². The van der Waals surface area contributed by atoms with Gasteiger partial charge in [0.25, 0.3) is 0 Å². The van der Waals surface area contributed by atoms with Gasteiger partial charge in [-0.15, -0.1) is 0 Å².